The number of nitrogens with zero attached hydrogens (tertiary/aromatic N) is 1. The van der Waals surface area contributed by atoms with Crippen molar-refractivity contribution >= 4 is 0 Å². The van der Waals surface area contributed by atoms with E-state index < -0.39 is 6.23 Å². The minimum absolute atomic E-state index is 0.289. The molecule has 1 aliphatic heterocycles. The smallest absolute Gasteiger partial charge is 0.125 e. The summed E-state index contributed by atoms with van der Waals surface area (Å²) in [5, 5.41) is 13.0. The van der Waals surface area contributed by atoms with Gasteiger partial charge in [-0.3, -0.25) is 0 Å². The molecule has 0 radical (unpaired) electrons. The Hall–Kier alpha value is -0.960. The lowest BCUT2D eigenvalue weighted by molar-refractivity contribution is 0.0254. The molecule has 0 aromatic carbocycles. The van der Waals surface area contributed by atoms with Gasteiger partial charge >= 0.3 is 0 Å². The van der Waals surface area contributed by atoms with Crippen LogP contribution in [-0.4, -0.2) is 22.4 Å². The van der Waals surface area contributed by atoms with E-state index >= 15 is 0 Å². The Kier molecular flexibility index (Phi) is 13.5. The molecule has 0 bridgehead atoms. The summed E-state index contributed by atoms with van der Waals surface area (Å²) >= 11 is 0. The minimum atomic E-state index is -0.399. The topological polar surface area (TPSA) is 35.5 Å². The molecule has 0 aromatic heterocycles. The molecule has 2 atom stereocenters. The lowest BCUT2D eigenvalue weighted by Gasteiger charge is -2.28. The molecule has 1 heterocycles. The number of aliphatic hydroxyl groups excluding tert-OH is 1. The van der Waals surface area contributed by atoms with E-state index in [2.05, 4.69) is 24.4 Å². The van der Waals surface area contributed by atoms with Gasteiger partial charge in [0.05, 0.1) is 0 Å². The summed E-state index contributed by atoms with van der Waals surface area (Å²) in [5.74, 6) is 0. The molecule has 0 saturated heterocycles. The third-order valence-electron chi connectivity index (χ3n) is 5.05. The summed E-state index contributed by atoms with van der Waals surface area (Å²) in [5.41, 5.74) is 0. The molecule has 0 saturated carbocycles. The predicted molar refractivity (Wildman–Crippen MR) is 109 cm³/mol. The van der Waals surface area contributed by atoms with E-state index in [1.165, 1.54) is 83.5 Å². The maximum absolute atomic E-state index is 9.68. The number of hydrogen-bond donors (Lipinski definition) is 2. The molecular weight excluding hydrogens is 308 g/mol. The van der Waals surface area contributed by atoms with E-state index in [1.807, 2.05) is 24.2 Å². The van der Waals surface area contributed by atoms with Crippen molar-refractivity contribution in [3.05, 3.63) is 24.6 Å². The average Bonchev–Trinajstić information content (AvgIpc) is 3.07. The van der Waals surface area contributed by atoms with Crippen molar-refractivity contribution in [2.75, 3.05) is 0 Å². The SMILES string of the molecule is CCC/C=C/CCCCCCCCCCCCC1NC=CN1C(C)O. The molecule has 3 heteroatoms. The monoisotopic (exact) mass is 350 g/mol. The minimum Gasteiger partial charge on any atom is -0.374 e. The van der Waals surface area contributed by atoms with E-state index in [0.717, 1.165) is 6.42 Å². The van der Waals surface area contributed by atoms with Crippen molar-refractivity contribution in [3.63, 3.8) is 0 Å². The normalized spacial score (nSPS) is 18.2. The second kappa shape index (κ2) is 15.3. The molecule has 0 amide bonds. The Labute approximate surface area is 156 Å². The first-order valence-corrected chi connectivity index (χ1v) is 10.8. The summed E-state index contributed by atoms with van der Waals surface area (Å²) < 4.78 is 0. The molecule has 1 aliphatic rings. The lowest BCUT2D eigenvalue weighted by atomic mass is 10.0. The van der Waals surface area contributed by atoms with E-state index in [9.17, 15) is 5.11 Å². The molecule has 0 spiro atoms. The van der Waals surface area contributed by atoms with Gasteiger partial charge in [-0.05, 0) is 39.0 Å². The first-order valence-electron chi connectivity index (χ1n) is 10.8. The van der Waals surface area contributed by atoms with E-state index in [0.29, 0.717) is 0 Å². The van der Waals surface area contributed by atoms with Crippen LogP contribution in [0.15, 0.2) is 24.6 Å². The highest BCUT2D eigenvalue weighted by Crippen LogP contribution is 2.16. The van der Waals surface area contributed by atoms with Crippen LogP contribution in [0, 0.1) is 0 Å². The largest absolute Gasteiger partial charge is 0.374 e. The summed E-state index contributed by atoms with van der Waals surface area (Å²) in [7, 11) is 0. The van der Waals surface area contributed by atoms with Gasteiger partial charge in [-0.25, -0.2) is 0 Å². The molecule has 0 aromatic rings. The van der Waals surface area contributed by atoms with Crippen LogP contribution in [0.5, 0.6) is 0 Å². The number of allylic oxidation sites excluding steroid dienone is 2. The molecule has 146 valence electrons. The van der Waals surface area contributed by atoms with Crippen LogP contribution in [0.1, 0.15) is 104 Å². The Morgan fingerprint density at radius 2 is 1.48 bits per heavy atom. The first-order chi connectivity index (χ1) is 12.3. The van der Waals surface area contributed by atoms with Crippen molar-refractivity contribution < 1.29 is 5.11 Å². The van der Waals surface area contributed by atoms with Crippen molar-refractivity contribution in [2.45, 2.75) is 116 Å². The van der Waals surface area contributed by atoms with Gasteiger partial charge in [-0.1, -0.05) is 76.9 Å². The van der Waals surface area contributed by atoms with Crippen molar-refractivity contribution in [2.24, 2.45) is 0 Å². The number of aliphatic hydroxyl groups is 1. The number of unbranched alkanes of at least 4 members (excludes halogenated alkanes) is 11. The Balaban J connectivity index is 1.79. The average molecular weight is 351 g/mol. The number of nitrogens with one attached hydrogen (secondary N) is 1. The molecule has 1 rings (SSSR count). The maximum atomic E-state index is 9.68. The van der Waals surface area contributed by atoms with Gasteiger partial charge in [0.15, 0.2) is 0 Å². The second-order valence-electron chi connectivity index (χ2n) is 7.45. The number of hydrogen-bond acceptors (Lipinski definition) is 3. The molecule has 0 fully saturated rings. The van der Waals surface area contributed by atoms with Gasteiger partial charge in [0.1, 0.15) is 12.4 Å². The van der Waals surface area contributed by atoms with E-state index in [4.69, 9.17) is 0 Å². The standard InChI is InChI=1S/C22H42N2O/c1-3-4-5-6-7-8-9-10-11-12-13-14-15-16-17-18-22-23-19-20-24(22)21(2)25/h5-6,19-23,25H,3-4,7-18H2,1-2H3/b6-5+. The summed E-state index contributed by atoms with van der Waals surface area (Å²) in [6, 6.07) is 0. The Bertz CT molecular complexity index is 352. The van der Waals surface area contributed by atoms with Gasteiger partial charge in [0, 0.05) is 12.4 Å². The number of rotatable bonds is 16. The van der Waals surface area contributed by atoms with Crippen molar-refractivity contribution in [3.8, 4) is 0 Å². The third kappa shape index (κ3) is 11.3. The van der Waals surface area contributed by atoms with Crippen LogP contribution in [0.2, 0.25) is 0 Å². The molecule has 0 aliphatic carbocycles. The molecular formula is C22H42N2O. The summed E-state index contributed by atoms with van der Waals surface area (Å²) in [4.78, 5) is 2.00. The summed E-state index contributed by atoms with van der Waals surface area (Å²) in [6.45, 7) is 4.06. The van der Waals surface area contributed by atoms with Crippen LogP contribution < -0.4 is 5.32 Å². The maximum Gasteiger partial charge on any atom is 0.125 e. The quantitative estimate of drug-likeness (QED) is 0.262. The van der Waals surface area contributed by atoms with E-state index in [1.54, 1.807) is 0 Å². The lowest BCUT2D eigenvalue weighted by Crippen LogP contribution is -2.40. The Morgan fingerprint density at radius 1 is 0.920 bits per heavy atom. The predicted octanol–water partition coefficient (Wildman–Crippen LogP) is 6.06. The van der Waals surface area contributed by atoms with Crippen LogP contribution in [0.3, 0.4) is 0 Å². The highest BCUT2D eigenvalue weighted by Gasteiger charge is 2.20. The molecule has 2 unspecified atom stereocenters. The summed E-state index contributed by atoms with van der Waals surface area (Å²) in [6.07, 6.45) is 27.1. The zero-order chi connectivity index (χ0) is 18.2. The van der Waals surface area contributed by atoms with Crippen molar-refractivity contribution in [1.29, 1.82) is 0 Å². The first kappa shape index (κ1) is 22.1. The van der Waals surface area contributed by atoms with Gasteiger partial charge < -0.3 is 15.3 Å². The van der Waals surface area contributed by atoms with Gasteiger partial charge in [-0.15, -0.1) is 0 Å². The van der Waals surface area contributed by atoms with Gasteiger partial charge in [0.25, 0.3) is 0 Å². The zero-order valence-electron chi connectivity index (χ0n) is 16.8. The van der Waals surface area contributed by atoms with Crippen LogP contribution >= 0.6 is 0 Å². The fraction of sp³-hybridized carbons (Fsp3) is 0.818. The van der Waals surface area contributed by atoms with Crippen LogP contribution in [0.25, 0.3) is 0 Å². The zero-order valence-corrected chi connectivity index (χ0v) is 16.8. The Morgan fingerprint density at radius 3 is 2.08 bits per heavy atom. The fourth-order valence-electron chi connectivity index (χ4n) is 3.46. The molecule has 3 nitrogen and oxygen atoms in total. The van der Waals surface area contributed by atoms with Crippen LogP contribution in [0.4, 0.5) is 0 Å². The fourth-order valence-corrected chi connectivity index (χ4v) is 3.46. The highest BCUT2D eigenvalue weighted by molar-refractivity contribution is 4.94. The molecule has 2 N–H and O–H groups in total. The molecule has 25 heavy (non-hydrogen) atoms. The van der Waals surface area contributed by atoms with E-state index in [-0.39, 0.29) is 6.17 Å². The van der Waals surface area contributed by atoms with Gasteiger partial charge in [0.2, 0.25) is 0 Å². The highest BCUT2D eigenvalue weighted by atomic mass is 16.3. The second-order valence-corrected chi connectivity index (χ2v) is 7.45. The van der Waals surface area contributed by atoms with Gasteiger partial charge in [-0.2, -0.15) is 0 Å². The van der Waals surface area contributed by atoms with Crippen molar-refractivity contribution in [1.82, 2.24) is 10.2 Å². The third-order valence-corrected chi connectivity index (χ3v) is 5.05. The van der Waals surface area contributed by atoms with Crippen LogP contribution in [-0.2, 0) is 0 Å².